The lowest BCUT2D eigenvalue weighted by atomic mass is 10.1. The summed E-state index contributed by atoms with van der Waals surface area (Å²) in [4.78, 5) is 25.6. The Morgan fingerprint density at radius 2 is 1.94 bits per heavy atom. The number of anilines is 1. The molecular weight excluding hydrogens is 429 g/mol. The van der Waals surface area contributed by atoms with E-state index in [0.29, 0.717) is 16.9 Å². The van der Waals surface area contributed by atoms with Crippen LogP contribution in [0.3, 0.4) is 0 Å². The number of nitrogens with one attached hydrogen (secondary N) is 1. The summed E-state index contributed by atoms with van der Waals surface area (Å²) in [6.07, 6.45) is 0.280. The van der Waals surface area contributed by atoms with Crippen LogP contribution in [0.15, 0.2) is 72.1 Å². The molecule has 0 aliphatic rings. The fraction of sp³-hybridized carbons (Fsp3) is 0.125. The number of nitrogens with zero attached hydrogens (tertiary/aromatic N) is 2. The highest BCUT2D eigenvalue weighted by Crippen LogP contribution is 2.28. The van der Waals surface area contributed by atoms with Gasteiger partial charge in [0.25, 0.3) is 0 Å². The summed E-state index contributed by atoms with van der Waals surface area (Å²) >= 11 is 1.52. The number of ether oxygens (including phenoxy) is 1. The normalized spacial score (nSPS) is 10.7. The van der Waals surface area contributed by atoms with Crippen LogP contribution < -0.4 is 5.32 Å². The van der Waals surface area contributed by atoms with Crippen molar-refractivity contribution in [3.63, 3.8) is 0 Å². The highest BCUT2D eigenvalue weighted by atomic mass is 32.1. The number of halogens is 1. The molecule has 4 rings (SSSR count). The van der Waals surface area contributed by atoms with Crippen LogP contribution >= 0.6 is 11.3 Å². The van der Waals surface area contributed by atoms with Gasteiger partial charge < -0.3 is 10.1 Å². The van der Waals surface area contributed by atoms with Gasteiger partial charge in [-0.3, -0.25) is 4.79 Å². The minimum Gasteiger partial charge on any atom is -0.461 e. The highest BCUT2D eigenvalue weighted by molar-refractivity contribution is 7.10. The van der Waals surface area contributed by atoms with Gasteiger partial charge in [-0.1, -0.05) is 30.3 Å². The number of esters is 1. The molecule has 0 bridgehead atoms. The van der Waals surface area contributed by atoms with Crippen LogP contribution in [-0.4, -0.2) is 28.3 Å². The SMILES string of the molecule is CCOC(=O)c1cc(-c2cccc(NC(=O)Cc3cccs3)c2)n(-c2ccccc2F)n1. The molecule has 0 unspecified atom stereocenters. The second-order valence-corrected chi connectivity index (χ2v) is 7.92. The maximum atomic E-state index is 14.5. The molecule has 0 fully saturated rings. The zero-order valence-electron chi connectivity index (χ0n) is 17.2. The van der Waals surface area contributed by atoms with Crippen molar-refractivity contribution in [3.05, 3.63) is 88.5 Å². The van der Waals surface area contributed by atoms with Crippen LogP contribution in [0, 0.1) is 5.82 Å². The smallest absolute Gasteiger partial charge is 0.358 e. The topological polar surface area (TPSA) is 73.2 Å². The van der Waals surface area contributed by atoms with E-state index in [9.17, 15) is 14.0 Å². The van der Waals surface area contributed by atoms with Crippen LogP contribution in [0.2, 0.25) is 0 Å². The molecule has 6 nitrogen and oxygen atoms in total. The van der Waals surface area contributed by atoms with Gasteiger partial charge in [0.05, 0.1) is 18.7 Å². The third-order valence-corrected chi connectivity index (χ3v) is 5.51. The molecule has 0 aliphatic carbocycles. The van der Waals surface area contributed by atoms with E-state index in [-0.39, 0.29) is 30.3 Å². The van der Waals surface area contributed by atoms with E-state index in [0.717, 1.165) is 4.88 Å². The van der Waals surface area contributed by atoms with Gasteiger partial charge in [-0.05, 0) is 48.7 Å². The van der Waals surface area contributed by atoms with E-state index in [1.807, 2.05) is 17.5 Å². The largest absolute Gasteiger partial charge is 0.461 e. The summed E-state index contributed by atoms with van der Waals surface area (Å²) < 4.78 is 21.0. The lowest BCUT2D eigenvalue weighted by Gasteiger charge is -2.10. The maximum Gasteiger partial charge on any atom is 0.358 e. The minimum atomic E-state index is -0.593. The standard InChI is InChI=1S/C24H20FN3O3S/c1-2-31-24(30)20-15-22(28(27-20)21-11-4-3-10-19(21)25)16-7-5-8-17(13-16)26-23(29)14-18-9-6-12-32-18/h3-13,15H,2,14H2,1H3,(H,26,29). The Labute approximate surface area is 188 Å². The second-order valence-electron chi connectivity index (χ2n) is 6.88. The number of benzene rings is 2. The maximum absolute atomic E-state index is 14.5. The van der Waals surface area contributed by atoms with Crippen molar-refractivity contribution < 1.29 is 18.7 Å². The lowest BCUT2D eigenvalue weighted by molar-refractivity contribution is -0.115. The zero-order chi connectivity index (χ0) is 22.5. The molecule has 1 N–H and O–H groups in total. The van der Waals surface area contributed by atoms with Crippen LogP contribution in [0.4, 0.5) is 10.1 Å². The Bertz CT molecular complexity index is 1250. The van der Waals surface area contributed by atoms with Gasteiger partial charge in [0, 0.05) is 16.1 Å². The third-order valence-electron chi connectivity index (χ3n) is 4.63. The average molecular weight is 450 g/mol. The highest BCUT2D eigenvalue weighted by Gasteiger charge is 2.19. The Morgan fingerprint density at radius 3 is 2.69 bits per heavy atom. The zero-order valence-corrected chi connectivity index (χ0v) is 18.1. The molecule has 2 aromatic carbocycles. The predicted octanol–water partition coefficient (Wildman–Crippen LogP) is 5.10. The molecule has 162 valence electrons. The quantitative estimate of drug-likeness (QED) is 0.399. The predicted molar refractivity (Wildman–Crippen MR) is 122 cm³/mol. The molecule has 8 heteroatoms. The molecular formula is C24H20FN3O3S. The summed E-state index contributed by atoms with van der Waals surface area (Å²) in [6.45, 7) is 1.90. The van der Waals surface area contributed by atoms with Gasteiger partial charge in [0.2, 0.25) is 5.91 Å². The fourth-order valence-electron chi connectivity index (χ4n) is 3.23. The van der Waals surface area contributed by atoms with Crippen LogP contribution in [-0.2, 0) is 16.0 Å². The van der Waals surface area contributed by atoms with Gasteiger partial charge in [-0.2, -0.15) is 5.10 Å². The number of carbonyl (C=O) groups excluding carboxylic acids is 2. The molecule has 0 radical (unpaired) electrons. The molecule has 4 aromatic rings. The first kappa shape index (κ1) is 21.5. The van der Waals surface area contributed by atoms with Gasteiger partial charge in [0.15, 0.2) is 5.69 Å². The Hall–Kier alpha value is -3.78. The minimum absolute atomic E-state index is 0.0669. The van der Waals surface area contributed by atoms with Gasteiger partial charge in [-0.15, -0.1) is 11.3 Å². The number of carbonyl (C=O) groups is 2. The summed E-state index contributed by atoms with van der Waals surface area (Å²) in [5, 5.41) is 9.10. The summed E-state index contributed by atoms with van der Waals surface area (Å²) in [6, 6.07) is 18.6. The van der Waals surface area contributed by atoms with E-state index in [1.165, 1.54) is 22.1 Å². The van der Waals surface area contributed by atoms with E-state index in [2.05, 4.69) is 10.4 Å². The molecule has 1 amide bonds. The van der Waals surface area contributed by atoms with E-state index < -0.39 is 11.8 Å². The molecule has 32 heavy (non-hydrogen) atoms. The molecule has 2 heterocycles. The Morgan fingerprint density at radius 1 is 1.09 bits per heavy atom. The van der Waals surface area contributed by atoms with Crippen LogP contribution in [0.1, 0.15) is 22.3 Å². The lowest BCUT2D eigenvalue weighted by Crippen LogP contribution is -2.13. The van der Waals surface area contributed by atoms with Gasteiger partial charge in [-0.25, -0.2) is 13.9 Å². The molecule has 2 aromatic heterocycles. The molecule has 0 aliphatic heterocycles. The second kappa shape index (κ2) is 9.57. The summed E-state index contributed by atoms with van der Waals surface area (Å²) in [5.74, 6) is -1.21. The Kier molecular flexibility index (Phi) is 6.42. The number of rotatable bonds is 7. The van der Waals surface area contributed by atoms with Crippen molar-refractivity contribution in [1.82, 2.24) is 9.78 Å². The van der Waals surface area contributed by atoms with Crippen molar-refractivity contribution in [2.24, 2.45) is 0 Å². The number of hydrogen-bond donors (Lipinski definition) is 1. The number of thiophene rings is 1. The number of para-hydroxylation sites is 1. The van der Waals surface area contributed by atoms with Crippen molar-refractivity contribution in [1.29, 1.82) is 0 Å². The molecule has 0 saturated heterocycles. The first-order chi connectivity index (χ1) is 15.5. The number of hydrogen-bond acceptors (Lipinski definition) is 5. The van der Waals surface area contributed by atoms with Crippen molar-refractivity contribution in [2.45, 2.75) is 13.3 Å². The number of aromatic nitrogens is 2. The first-order valence-corrected chi connectivity index (χ1v) is 10.9. The van der Waals surface area contributed by atoms with E-state index >= 15 is 0 Å². The fourth-order valence-corrected chi connectivity index (χ4v) is 3.94. The molecule has 0 spiro atoms. The van der Waals surface area contributed by atoms with Crippen LogP contribution in [0.5, 0.6) is 0 Å². The average Bonchev–Trinajstić information content (AvgIpc) is 3.44. The van der Waals surface area contributed by atoms with E-state index in [4.69, 9.17) is 4.74 Å². The van der Waals surface area contributed by atoms with Gasteiger partial charge >= 0.3 is 5.97 Å². The third kappa shape index (κ3) is 4.76. The van der Waals surface area contributed by atoms with Crippen molar-refractivity contribution in [2.75, 3.05) is 11.9 Å². The summed E-state index contributed by atoms with van der Waals surface area (Å²) in [5.41, 5.74) is 2.00. The van der Waals surface area contributed by atoms with Crippen LogP contribution in [0.25, 0.3) is 16.9 Å². The van der Waals surface area contributed by atoms with Gasteiger partial charge in [0.1, 0.15) is 11.5 Å². The van der Waals surface area contributed by atoms with Crippen molar-refractivity contribution in [3.8, 4) is 16.9 Å². The first-order valence-electron chi connectivity index (χ1n) is 10.00. The molecule has 0 atom stereocenters. The van der Waals surface area contributed by atoms with Crippen molar-refractivity contribution >= 4 is 28.9 Å². The monoisotopic (exact) mass is 449 g/mol. The Balaban J connectivity index is 1.69. The summed E-state index contributed by atoms with van der Waals surface area (Å²) in [7, 11) is 0. The molecule has 0 saturated carbocycles. The number of amides is 1. The van der Waals surface area contributed by atoms with E-state index in [1.54, 1.807) is 55.5 Å².